The summed E-state index contributed by atoms with van der Waals surface area (Å²) >= 11 is 0. The number of rotatable bonds is 3. The number of sulfone groups is 1. The number of furan rings is 1. The summed E-state index contributed by atoms with van der Waals surface area (Å²) in [6.07, 6.45) is 3.38. The minimum absolute atomic E-state index is 0.0135. The van der Waals surface area contributed by atoms with E-state index in [1.54, 1.807) is 19.1 Å². The number of carbonyl (C=O) groups is 1. The van der Waals surface area contributed by atoms with E-state index >= 15 is 0 Å². The van der Waals surface area contributed by atoms with E-state index in [1.165, 1.54) is 6.42 Å². The van der Waals surface area contributed by atoms with Gasteiger partial charge in [-0.05, 0) is 45.0 Å². The molecule has 1 aromatic rings. The Labute approximate surface area is 130 Å². The Morgan fingerprint density at radius 3 is 2.59 bits per heavy atom. The summed E-state index contributed by atoms with van der Waals surface area (Å²) in [5.74, 6) is 0.711. The lowest BCUT2D eigenvalue weighted by Crippen LogP contribution is -2.52. The fourth-order valence-electron chi connectivity index (χ4n) is 3.37. The van der Waals surface area contributed by atoms with Crippen LogP contribution in [0.3, 0.4) is 0 Å². The van der Waals surface area contributed by atoms with Crippen LogP contribution >= 0.6 is 0 Å². The highest BCUT2D eigenvalue weighted by molar-refractivity contribution is 7.91. The van der Waals surface area contributed by atoms with Gasteiger partial charge in [-0.1, -0.05) is 6.42 Å². The molecule has 2 aliphatic rings. The Bertz CT molecular complexity index is 646. The molecule has 0 aromatic carbocycles. The maximum Gasteiger partial charge on any atom is 0.287 e. The van der Waals surface area contributed by atoms with Crippen LogP contribution in [0.5, 0.6) is 0 Å². The molecular weight excluding hydrogens is 304 g/mol. The lowest BCUT2D eigenvalue weighted by Gasteiger charge is -2.34. The van der Waals surface area contributed by atoms with Gasteiger partial charge in [0.1, 0.15) is 5.76 Å². The first-order valence-electron chi connectivity index (χ1n) is 7.76. The van der Waals surface area contributed by atoms with Gasteiger partial charge in [0.25, 0.3) is 5.91 Å². The number of likely N-dealkylation sites (tertiary alicyclic amines) is 1. The maximum atomic E-state index is 12.2. The van der Waals surface area contributed by atoms with E-state index in [9.17, 15) is 13.2 Å². The van der Waals surface area contributed by atoms with Gasteiger partial charge < -0.3 is 9.73 Å². The number of hydrogen-bond donors (Lipinski definition) is 1. The van der Waals surface area contributed by atoms with Crippen molar-refractivity contribution < 1.29 is 17.6 Å². The Balaban J connectivity index is 1.73. The highest BCUT2D eigenvalue weighted by atomic mass is 32.2. The van der Waals surface area contributed by atoms with Crippen LogP contribution in [0.4, 0.5) is 0 Å². The third-order valence-electron chi connectivity index (χ3n) is 4.46. The molecule has 3 heterocycles. The summed E-state index contributed by atoms with van der Waals surface area (Å²) < 4.78 is 29.3. The fraction of sp³-hybridized carbons (Fsp3) is 0.667. The van der Waals surface area contributed by atoms with Crippen molar-refractivity contribution in [3.63, 3.8) is 0 Å². The van der Waals surface area contributed by atoms with Crippen LogP contribution in [0.1, 0.15) is 35.6 Å². The van der Waals surface area contributed by atoms with Gasteiger partial charge in [0.2, 0.25) is 0 Å². The van der Waals surface area contributed by atoms with E-state index in [2.05, 4.69) is 10.2 Å². The van der Waals surface area contributed by atoms with Gasteiger partial charge in [0.15, 0.2) is 15.6 Å². The molecule has 0 saturated carbocycles. The predicted octanol–water partition coefficient (Wildman–Crippen LogP) is 0.969. The van der Waals surface area contributed by atoms with Gasteiger partial charge in [-0.15, -0.1) is 0 Å². The van der Waals surface area contributed by atoms with Crippen LogP contribution in [-0.2, 0) is 9.84 Å². The Hall–Kier alpha value is -1.34. The first-order chi connectivity index (χ1) is 10.4. The number of amides is 1. The lowest BCUT2D eigenvalue weighted by molar-refractivity contribution is 0.0871. The summed E-state index contributed by atoms with van der Waals surface area (Å²) in [6.45, 7) is 3.59. The standard InChI is InChI=1S/C15H22N2O4S/c1-11-5-6-14(21-11)15(18)16-12-9-22(19,20)10-13(12)17-7-3-2-4-8-17/h5-6,12-13H,2-4,7-10H2,1H3,(H,16,18)/t12-,13+/m0/s1. The van der Waals surface area contributed by atoms with E-state index < -0.39 is 9.84 Å². The summed E-state index contributed by atoms with van der Waals surface area (Å²) in [5, 5.41) is 2.86. The monoisotopic (exact) mass is 326 g/mol. The van der Waals surface area contributed by atoms with E-state index in [0.29, 0.717) is 5.76 Å². The number of piperidine rings is 1. The molecule has 7 heteroatoms. The molecule has 0 unspecified atom stereocenters. The number of aryl methyl sites for hydroxylation is 1. The number of nitrogens with one attached hydrogen (secondary N) is 1. The summed E-state index contributed by atoms with van der Waals surface area (Å²) in [7, 11) is -3.10. The number of carbonyl (C=O) groups excluding carboxylic acids is 1. The van der Waals surface area contributed by atoms with Gasteiger partial charge in [-0.25, -0.2) is 8.42 Å². The number of nitrogens with zero attached hydrogens (tertiary/aromatic N) is 1. The van der Waals surface area contributed by atoms with Crippen molar-refractivity contribution in [1.82, 2.24) is 10.2 Å². The average Bonchev–Trinajstić information content (AvgIpc) is 3.03. The van der Waals surface area contributed by atoms with Crippen LogP contribution in [0.25, 0.3) is 0 Å². The molecule has 0 spiro atoms. The van der Waals surface area contributed by atoms with Crippen molar-refractivity contribution in [2.75, 3.05) is 24.6 Å². The summed E-state index contributed by atoms with van der Waals surface area (Å²) in [4.78, 5) is 14.4. The lowest BCUT2D eigenvalue weighted by atomic mass is 10.0. The van der Waals surface area contributed by atoms with Crippen LogP contribution < -0.4 is 5.32 Å². The summed E-state index contributed by atoms with van der Waals surface area (Å²) in [6, 6.07) is 2.86. The molecule has 22 heavy (non-hydrogen) atoms. The molecule has 0 aliphatic carbocycles. The quantitative estimate of drug-likeness (QED) is 0.895. The van der Waals surface area contributed by atoms with Crippen molar-refractivity contribution in [3.05, 3.63) is 23.7 Å². The fourth-order valence-corrected chi connectivity index (χ4v) is 5.33. The molecule has 1 N–H and O–H groups in total. The first kappa shape index (κ1) is 15.6. The number of hydrogen-bond acceptors (Lipinski definition) is 5. The zero-order valence-corrected chi connectivity index (χ0v) is 13.6. The largest absolute Gasteiger partial charge is 0.456 e. The van der Waals surface area contributed by atoms with E-state index in [4.69, 9.17) is 4.42 Å². The normalized spacial score (nSPS) is 28.6. The third-order valence-corrected chi connectivity index (χ3v) is 6.18. The molecule has 2 atom stereocenters. The minimum Gasteiger partial charge on any atom is -0.456 e. The topological polar surface area (TPSA) is 79.6 Å². The van der Waals surface area contributed by atoms with Gasteiger partial charge in [-0.3, -0.25) is 9.69 Å². The Kier molecular flexibility index (Phi) is 4.27. The highest BCUT2D eigenvalue weighted by Crippen LogP contribution is 2.22. The zero-order chi connectivity index (χ0) is 15.7. The van der Waals surface area contributed by atoms with Crippen molar-refractivity contribution in [3.8, 4) is 0 Å². The minimum atomic E-state index is -3.10. The molecule has 1 aromatic heterocycles. The second-order valence-electron chi connectivity index (χ2n) is 6.23. The molecule has 2 saturated heterocycles. The molecule has 2 fully saturated rings. The van der Waals surface area contributed by atoms with Crippen molar-refractivity contribution in [2.24, 2.45) is 0 Å². The van der Waals surface area contributed by atoms with Gasteiger partial charge in [0, 0.05) is 6.04 Å². The Morgan fingerprint density at radius 2 is 1.95 bits per heavy atom. The van der Waals surface area contributed by atoms with Crippen molar-refractivity contribution in [1.29, 1.82) is 0 Å². The third kappa shape index (κ3) is 3.35. The molecular formula is C15H22N2O4S. The second kappa shape index (κ2) is 6.04. The van der Waals surface area contributed by atoms with Gasteiger partial charge in [-0.2, -0.15) is 0 Å². The van der Waals surface area contributed by atoms with Gasteiger partial charge >= 0.3 is 0 Å². The maximum absolute atomic E-state index is 12.2. The SMILES string of the molecule is Cc1ccc(C(=O)N[C@H]2CS(=O)(=O)C[C@H]2N2CCCCC2)o1. The second-order valence-corrected chi connectivity index (χ2v) is 8.38. The van der Waals surface area contributed by atoms with E-state index in [-0.39, 0.29) is 35.3 Å². The van der Waals surface area contributed by atoms with E-state index in [0.717, 1.165) is 25.9 Å². The molecule has 6 nitrogen and oxygen atoms in total. The zero-order valence-electron chi connectivity index (χ0n) is 12.7. The summed E-state index contributed by atoms with van der Waals surface area (Å²) in [5.41, 5.74) is 0. The molecule has 0 radical (unpaired) electrons. The van der Waals surface area contributed by atoms with Crippen molar-refractivity contribution >= 4 is 15.7 Å². The van der Waals surface area contributed by atoms with Crippen LogP contribution in [0.15, 0.2) is 16.5 Å². The first-order valence-corrected chi connectivity index (χ1v) is 9.58. The molecule has 0 bridgehead atoms. The molecule has 1 amide bonds. The van der Waals surface area contributed by atoms with Crippen molar-refractivity contribution in [2.45, 2.75) is 38.3 Å². The van der Waals surface area contributed by atoms with Crippen LogP contribution in [-0.4, -0.2) is 55.9 Å². The average molecular weight is 326 g/mol. The van der Waals surface area contributed by atoms with Crippen LogP contribution in [0.2, 0.25) is 0 Å². The smallest absolute Gasteiger partial charge is 0.287 e. The molecule has 122 valence electrons. The predicted molar refractivity (Wildman–Crippen MR) is 82.6 cm³/mol. The molecule has 3 rings (SSSR count). The van der Waals surface area contributed by atoms with Gasteiger partial charge in [0.05, 0.1) is 17.5 Å². The Morgan fingerprint density at radius 1 is 1.23 bits per heavy atom. The molecule has 2 aliphatic heterocycles. The van der Waals surface area contributed by atoms with Crippen LogP contribution in [0, 0.1) is 6.92 Å². The highest BCUT2D eigenvalue weighted by Gasteiger charge is 2.42. The van der Waals surface area contributed by atoms with E-state index in [1.807, 2.05) is 0 Å².